The van der Waals surface area contributed by atoms with E-state index in [4.69, 9.17) is 0 Å². The zero-order chi connectivity index (χ0) is 19.1. The number of piperidine rings is 1. The number of fused-ring (bicyclic) bond motifs is 1. The maximum atomic E-state index is 12.6. The van der Waals surface area contributed by atoms with Crippen LogP contribution in [0.25, 0.3) is 0 Å². The van der Waals surface area contributed by atoms with Crippen LogP contribution >= 0.6 is 0 Å². The van der Waals surface area contributed by atoms with Crippen LogP contribution in [0.1, 0.15) is 46.0 Å². The number of carbonyl (C=O) groups excluding carboxylic acids is 1. The van der Waals surface area contributed by atoms with Crippen LogP contribution in [0, 0.1) is 11.3 Å². The van der Waals surface area contributed by atoms with Gasteiger partial charge in [-0.1, -0.05) is 6.42 Å². The number of carbonyl (C=O) groups is 2. The van der Waals surface area contributed by atoms with Gasteiger partial charge in [0, 0.05) is 32.2 Å². The molecule has 0 bridgehead atoms. The molecule has 0 unspecified atom stereocenters. The minimum absolute atomic E-state index is 0.0452. The lowest BCUT2D eigenvalue weighted by molar-refractivity contribution is -0.149. The normalized spacial score (nSPS) is 30.6. The monoisotopic (exact) mass is 387 g/mol. The molecule has 2 N–H and O–H groups in total. The minimum Gasteiger partial charge on any atom is -0.481 e. The summed E-state index contributed by atoms with van der Waals surface area (Å²) in [7, 11) is -3.25. The Labute approximate surface area is 155 Å². The number of hydrogen-bond acceptors (Lipinski definition) is 4. The molecule has 26 heavy (non-hydrogen) atoms. The fraction of sp³-hybridized carbons (Fsp3) is 0.882. The van der Waals surface area contributed by atoms with Crippen molar-refractivity contribution in [2.45, 2.75) is 57.2 Å². The van der Waals surface area contributed by atoms with E-state index in [2.05, 4.69) is 5.32 Å². The molecule has 1 saturated carbocycles. The third-order valence-electron chi connectivity index (χ3n) is 6.32. The van der Waals surface area contributed by atoms with E-state index in [1.807, 2.05) is 0 Å². The van der Waals surface area contributed by atoms with Crippen LogP contribution in [0.5, 0.6) is 0 Å². The molecule has 0 radical (unpaired) electrons. The number of carboxylic acid groups (broad SMARTS) is 1. The Hall–Kier alpha value is -1.35. The lowest BCUT2D eigenvalue weighted by Gasteiger charge is -2.33. The summed E-state index contributed by atoms with van der Waals surface area (Å²) >= 11 is 0. The van der Waals surface area contributed by atoms with Crippen LogP contribution in [0.4, 0.5) is 4.79 Å². The van der Waals surface area contributed by atoms with Crippen LogP contribution in [0.3, 0.4) is 0 Å². The molecular weight excluding hydrogens is 358 g/mol. The molecule has 0 spiro atoms. The maximum absolute atomic E-state index is 12.6. The number of aliphatic carboxylic acids is 1. The van der Waals surface area contributed by atoms with Gasteiger partial charge in [-0.3, -0.25) is 4.79 Å². The molecular formula is C17H29N3O5S. The minimum atomic E-state index is -3.25. The smallest absolute Gasteiger partial charge is 0.317 e. The summed E-state index contributed by atoms with van der Waals surface area (Å²) in [4.78, 5) is 25.9. The number of sulfonamides is 1. The standard InChI is InChI=1S/C17H29N3O5S/c1-12(2)26(24,25)20-8-5-14(6-9-20)18-16(23)19-10-13-4-3-7-17(13,11-19)15(21)22/h12-14H,3-11H2,1-2H3,(H,18,23)(H,21,22)/t13-,17+/m0/s1. The summed E-state index contributed by atoms with van der Waals surface area (Å²) in [5.74, 6) is -0.744. The molecule has 0 aromatic heterocycles. The second-order valence-electron chi connectivity index (χ2n) is 8.15. The number of carboxylic acids is 1. The lowest BCUT2D eigenvalue weighted by atomic mass is 9.81. The van der Waals surface area contributed by atoms with Crippen molar-refractivity contribution in [3.05, 3.63) is 0 Å². The highest BCUT2D eigenvalue weighted by atomic mass is 32.2. The van der Waals surface area contributed by atoms with Gasteiger partial charge < -0.3 is 15.3 Å². The molecule has 3 aliphatic rings. The summed E-state index contributed by atoms with van der Waals surface area (Å²) in [6.45, 7) is 4.94. The van der Waals surface area contributed by atoms with Crippen molar-refractivity contribution in [3.63, 3.8) is 0 Å². The summed E-state index contributed by atoms with van der Waals surface area (Å²) < 4.78 is 25.9. The summed E-state index contributed by atoms with van der Waals surface area (Å²) in [6, 6.07) is -0.285. The summed E-state index contributed by atoms with van der Waals surface area (Å²) in [5.41, 5.74) is -0.772. The molecule has 1 aliphatic carbocycles. The van der Waals surface area contributed by atoms with E-state index in [9.17, 15) is 23.1 Å². The highest BCUT2D eigenvalue weighted by Gasteiger charge is 2.55. The van der Waals surface area contributed by atoms with E-state index in [1.165, 1.54) is 4.31 Å². The Morgan fingerprint density at radius 1 is 1.19 bits per heavy atom. The lowest BCUT2D eigenvalue weighted by Crippen LogP contribution is -2.51. The van der Waals surface area contributed by atoms with E-state index in [0.29, 0.717) is 38.9 Å². The predicted octanol–water partition coefficient (Wildman–Crippen LogP) is 1.09. The molecule has 0 aromatic carbocycles. The van der Waals surface area contributed by atoms with Gasteiger partial charge in [0.25, 0.3) is 0 Å². The Bertz CT molecular complexity index is 672. The van der Waals surface area contributed by atoms with Crippen molar-refractivity contribution >= 4 is 22.0 Å². The van der Waals surface area contributed by atoms with Crippen molar-refractivity contribution in [2.24, 2.45) is 11.3 Å². The molecule has 2 atom stereocenters. The SMILES string of the molecule is CC(C)S(=O)(=O)N1CCC(NC(=O)N2C[C@@H]3CCC[C@@]3(C(=O)O)C2)CC1. The second-order valence-corrected chi connectivity index (χ2v) is 10.6. The number of nitrogens with zero attached hydrogens (tertiary/aromatic N) is 2. The van der Waals surface area contributed by atoms with Gasteiger partial charge in [-0.25, -0.2) is 17.5 Å². The van der Waals surface area contributed by atoms with E-state index < -0.39 is 26.7 Å². The van der Waals surface area contributed by atoms with E-state index in [0.717, 1.165) is 12.8 Å². The van der Waals surface area contributed by atoms with Crippen LogP contribution in [0.2, 0.25) is 0 Å². The van der Waals surface area contributed by atoms with Crippen LogP contribution in [0.15, 0.2) is 0 Å². The maximum Gasteiger partial charge on any atom is 0.317 e. The van der Waals surface area contributed by atoms with Gasteiger partial charge in [-0.05, 0) is 45.4 Å². The van der Waals surface area contributed by atoms with Crippen LogP contribution in [-0.4, -0.2) is 72.2 Å². The molecule has 3 fully saturated rings. The zero-order valence-electron chi connectivity index (χ0n) is 15.5. The van der Waals surface area contributed by atoms with Gasteiger partial charge in [-0.2, -0.15) is 0 Å². The Balaban J connectivity index is 1.54. The largest absolute Gasteiger partial charge is 0.481 e. The predicted molar refractivity (Wildman–Crippen MR) is 96.2 cm³/mol. The number of likely N-dealkylation sites (tertiary alicyclic amines) is 1. The highest BCUT2D eigenvalue weighted by Crippen LogP contribution is 2.48. The average Bonchev–Trinajstić information content (AvgIpc) is 3.13. The molecule has 9 heteroatoms. The molecule has 3 rings (SSSR count). The van der Waals surface area contributed by atoms with Crippen LogP contribution < -0.4 is 5.32 Å². The fourth-order valence-corrected chi connectivity index (χ4v) is 5.93. The topological polar surface area (TPSA) is 107 Å². The first-order valence-electron chi connectivity index (χ1n) is 9.44. The third kappa shape index (κ3) is 3.31. The molecule has 148 valence electrons. The second kappa shape index (κ2) is 6.99. The van der Waals surface area contributed by atoms with Crippen molar-refractivity contribution < 1.29 is 23.1 Å². The van der Waals surface area contributed by atoms with Gasteiger partial charge in [0.1, 0.15) is 0 Å². The van der Waals surface area contributed by atoms with E-state index in [-0.39, 0.29) is 24.5 Å². The van der Waals surface area contributed by atoms with Crippen molar-refractivity contribution in [1.82, 2.24) is 14.5 Å². The first-order valence-corrected chi connectivity index (χ1v) is 10.9. The summed E-state index contributed by atoms with van der Waals surface area (Å²) in [5, 5.41) is 12.2. The van der Waals surface area contributed by atoms with Gasteiger partial charge in [0.2, 0.25) is 10.0 Å². The van der Waals surface area contributed by atoms with Crippen molar-refractivity contribution in [2.75, 3.05) is 26.2 Å². The molecule has 2 amide bonds. The summed E-state index contributed by atoms with van der Waals surface area (Å²) in [6.07, 6.45) is 3.58. The fourth-order valence-electron chi connectivity index (χ4n) is 4.61. The van der Waals surface area contributed by atoms with Gasteiger partial charge in [0.05, 0.1) is 10.7 Å². The first-order chi connectivity index (χ1) is 12.2. The van der Waals surface area contributed by atoms with Gasteiger partial charge in [-0.15, -0.1) is 0 Å². The molecule has 8 nitrogen and oxygen atoms in total. The van der Waals surface area contributed by atoms with Crippen LogP contribution in [-0.2, 0) is 14.8 Å². The average molecular weight is 388 g/mol. The third-order valence-corrected chi connectivity index (χ3v) is 8.60. The highest BCUT2D eigenvalue weighted by molar-refractivity contribution is 7.89. The van der Waals surface area contributed by atoms with Gasteiger partial charge in [0.15, 0.2) is 0 Å². The zero-order valence-corrected chi connectivity index (χ0v) is 16.3. The Kier molecular flexibility index (Phi) is 5.22. The van der Waals surface area contributed by atoms with Crippen molar-refractivity contribution in [3.8, 4) is 0 Å². The first kappa shape index (κ1) is 19.4. The molecule has 2 aliphatic heterocycles. The quantitative estimate of drug-likeness (QED) is 0.751. The van der Waals surface area contributed by atoms with E-state index in [1.54, 1.807) is 18.7 Å². The van der Waals surface area contributed by atoms with E-state index >= 15 is 0 Å². The molecule has 2 saturated heterocycles. The Morgan fingerprint density at radius 2 is 1.85 bits per heavy atom. The molecule has 2 heterocycles. The molecule has 0 aromatic rings. The number of hydrogen-bond donors (Lipinski definition) is 2. The number of urea groups is 1. The number of amides is 2. The Morgan fingerprint density at radius 3 is 2.38 bits per heavy atom. The van der Waals surface area contributed by atoms with Crippen molar-refractivity contribution in [1.29, 1.82) is 0 Å². The number of nitrogens with one attached hydrogen (secondary N) is 1. The number of rotatable bonds is 4. The van der Waals surface area contributed by atoms with Gasteiger partial charge >= 0.3 is 12.0 Å².